The summed E-state index contributed by atoms with van der Waals surface area (Å²) in [7, 11) is -3.40. The molecule has 0 amide bonds. The summed E-state index contributed by atoms with van der Waals surface area (Å²) in [5.74, 6) is -3.07. The van der Waals surface area contributed by atoms with E-state index in [1.165, 1.54) is 10.5 Å². The average Bonchev–Trinajstić information content (AvgIpc) is 2.86. The minimum atomic E-state index is -3.40. The lowest BCUT2D eigenvalue weighted by molar-refractivity contribution is 0.178. The Kier molecular flexibility index (Phi) is 6.90. The van der Waals surface area contributed by atoms with E-state index in [0.717, 1.165) is 35.2 Å². The van der Waals surface area contributed by atoms with Crippen molar-refractivity contribution in [3.8, 4) is 11.4 Å². The molecule has 38 heavy (non-hydrogen) atoms. The number of piperazine rings is 1. The van der Waals surface area contributed by atoms with Crippen LogP contribution in [0.5, 0.6) is 5.75 Å². The molecule has 1 atom stereocenters. The monoisotopic (exact) mass is 552 g/mol. The maximum atomic E-state index is 14.5. The van der Waals surface area contributed by atoms with Gasteiger partial charge in [0.1, 0.15) is 35.1 Å². The second-order valence-electron chi connectivity index (χ2n) is 9.32. The van der Waals surface area contributed by atoms with Gasteiger partial charge in [0, 0.05) is 38.7 Å². The first-order valence-corrected chi connectivity index (χ1v) is 13.8. The maximum absolute atomic E-state index is 14.5. The predicted molar refractivity (Wildman–Crippen MR) is 131 cm³/mol. The number of sulfonamides is 1. The van der Waals surface area contributed by atoms with Crippen LogP contribution < -0.4 is 15.2 Å². The number of fused-ring (bicyclic) bond motifs is 1. The van der Waals surface area contributed by atoms with Crippen molar-refractivity contribution in [2.75, 3.05) is 37.3 Å². The van der Waals surface area contributed by atoms with E-state index in [1.54, 1.807) is 4.90 Å². The summed E-state index contributed by atoms with van der Waals surface area (Å²) in [6, 6.07) is 4.67. The van der Waals surface area contributed by atoms with Gasteiger partial charge >= 0.3 is 5.56 Å². The Morgan fingerprint density at radius 1 is 0.947 bits per heavy atom. The second-order valence-corrected chi connectivity index (χ2v) is 11.3. The van der Waals surface area contributed by atoms with Gasteiger partial charge < -0.3 is 9.64 Å². The number of nitrogens with zero attached hydrogens (tertiary/aromatic N) is 4. The third-order valence-electron chi connectivity index (χ3n) is 6.80. The SMILES string of the molecule is CS(=O)(=O)N1CCN(c2cnn(-c3cc(F)cc(F)c3)c(=O)c2OC2CCc3c(F)ccc(F)c3C2)CC1. The number of ether oxygens (including phenoxy) is 1. The van der Waals surface area contributed by atoms with Gasteiger partial charge in [-0.2, -0.15) is 14.1 Å². The highest BCUT2D eigenvalue weighted by Gasteiger charge is 2.30. The first kappa shape index (κ1) is 26.2. The van der Waals surface area contributed by atoms with Crippen LogP contribution in [0, 0.1) is 23.3 Å². The summed E-state index contributed by atoms with van der Waals surface area (Å²) in [5, 5.41) is 4.10. The highest BCUT2D eigenvalue weighted by Crippen LogP contribution is 2.32. The van der Waals surface area contributed by atoms with Gasteiger partial charge in [0.2, 0.25) is 15.8 Å². The largest absolute Gasteiger partial charge is 0.483 e. The summed E-state index contributed by atoms with van der Waals surface area (Å²) >= 11 is 0. The number of halogens is 4. The van der Waals surface area contributed by atoms with E-state index in [2.05, 4.69) is 5.10 Å². The average molecular weight is 553 g/mol. The van der Waals surface area contributed by atoms with Crippen molar-refractivity contribution in [2.24, 2.45) is 0 Å². The van der Waals surface area contributed by atoms with E-state index >= 15 is 0 Å². The van der Waals surface area contributed by atoms with E-state index in [1.807, 2.05) is 0 Å². The van der Waals surface area contributed by atoms with Crippen LogP contribution in [0.15, 0.2) is 41.3 Å². The Bertz CT molecular complexity index is 1540. The van der Waals surface area contributed by atoms with Gasteiger partial charge in [-0.05, 0) is 48.2 Å². The molecule has 1 unspecified atom stereocenters. The number of aromatic nitrogens is 2. The molecule has 1 fully saturated rings. The van der Waals surface area contributed by atoms with E-state index in [9.17, 15) is 30.8 Å². The van der Waals surface area contributed by atoms with Gasteiger partial charge in [0.25, 0.3) is 0 Å². The third kappa shape index (κ3) is 5.12. The minimum absolute atomic E-state index is 0.0105. The molecular weight excluding hydrogens is 528 g/mol. The van der Waals surface area contributed by atoms with Crippen LogP contribution in [0.4, 0.5) is 23.2 Å². The number of anilines is 1. The van der Waals surface area contributed by atoms with Crippen molar-refractivity contribution in [2.45, 2.75) is 25.4 Å². The van der Waals surface area contributed by atoms with Crippen molar-refractivity contribution < 1.29 is 30.7 Å². The van der Waals surface area contributed by atoms with Crippen LogP contribution in [0.25, 0.3) is 5.69 Å². The lowest BCUT2D eigenvalue weighted by Gasteiger charge is -2.35. The molecule has 0 radical (unpaired) electrons. The molecule has 5 rings (SSSR count). The van der Waals surface area contributed by atoms with Gasteiger partial charge in [-0.25, -0.2) is 26.0 Å². The Hall–Kier alpha value is -3.45. The summed E-state index contributed by atoms with van der Waals surface area (Å²) in [6.07, 6.45) is 2.23. The minimum Gasteiger partial charge on any atom is -0.483 e. The fourth-order valence-corrected chi connectivity index (χ4v) is 5.73. The summed E-state index contributed by atoms with van der Waals surface area (Å²) in [4.78, 5) is 15.3. The molecule has 1 aromatic heterocycles. The Labute approximate surface area is 216 Å². The summed E-state index contributed by atoms with van der Waals surface area (Å²) in [5.41, 5.74) is -0.256. The van der Waals surface area contributed by atoms with Crippen LogP contribution in [-0.2, 0) is 22.9 Å². The van der Waals surface area contributed by atoms with E-state index in [4.69, 9.17) is 4.74 Å². The molecular formula is C25H24F4N4O4S. The standard InChI is InChI=1S/C25H24F4N4O4S/c1-38(35,36)32-8-6-31(7-9-32)23-14-30-33(17-11-15(26)10-16(27)12-17)25(34)24(23)37-18-2-3-19-20(13-18)22(29)5-4-21(19)28/h4-5,10-12,14,18H,2-3,6-9,13H2,1H3. The van der Waals surface area contributed by atoms with Crippen LogP contribution in [0.3, 0.4) is 0 Å². The smallest absolute Gasteiger partial charge is 0.316 e. The molecule has 8 nitrogen and oxygen atoms in total. The van der Waals surface area contributed by atoms with Crippen molar-refractivity contribution >= 4 is 15.7 Å². The maximum Gasteiger partial charge on any atom is 0.316 e. The van der Waals surface area contributed by atoms with E-state index in [-0.39, 0.29) is 67.3 Å². The van der Waals surface area contributed by atoms with Gasteiger partial charge in [-0.15, -0.1) is 0 Å². The zero-order valence-corrected chi connectivity index (χ0v) is 21.1. The van der Waals surface area contributed by atoms with Gasteiger partial charge in [0.05, 0.1) is 18.1 Å². The van der Waals surface area contributed by atoms with E-state index in [0.29, 0.717) is 12.5 Å². The third-order valence-corrected chi connectivity index (χ3v) is 8.11. The van der Waals surface area contributed by atoms with E-state index < -0.39 is 45.0 Å². The quantitative estimate of drug-likeness (QED) is 0.453. The topological polar surface area (TPSA) is 84.7 Å². The number of benzene rings is 2. The lowest BCUT2D eigenvalue weighted by atomic mass is 9.89. The molecule has 0 spiro atoms. The second kappa shape index (κ2) is 10.0. The Balaban J connectivity index is 1.52. The molecule has 0 bridgehead atoms. The molecule has 1 aliphatic heterocycles. The fraction of sp³-hybridized carbons (Fsp3) is 0.360. The lowest BCUT2D eigenvalue weighted by Crippen LogP contribution is -2.49. The summed E-state index contributed by atoms with van der Waals surface area (Å²) in [6.45, 7) is 0.794. The molecule has 2 heterocycles. The highest BCUT2D eigenvalue weighted by atomic mass is 32.2. The number of hydrogen-bond donors (Lipinski definition) is 0. The van der Waals surface area contributed by atoms with Crippen LogP contribution >= 0.6 is 0 Å². The molecule has 1 saturated heterocycles. The first-order valence-electron chi connectivity index (χ1n) is 11.9. The van der Waals surface area contributed by atoms with Crippen molar-refractivity contribution in [3.63, 3.8) is 0 Å². The van der Waals surface area contributed by atoms with Crippen LogP contribution in [0.2, 0.25) is 0 Å². The summed E-state index contributed by atoms with van der Waals surface area (Å²) < 4.78 is 88.5. The number of hydrogen-bond acceptors (Lipinski definition) is 6. The molecule has 1 aliphatic carbocycles. The van der Waals surface area contributed by atoms with Crippen molar-refractivity contribution in [1.29, 1.82) is 0 Å². The number of rotatable bonds is 5. The van der Waals surface area contributed by atoms with Gasteiger partial charge in [0.15, 0.2) is 0 Å². The highest BCUT2D eigenvalue weighted by molar-refractivity contribution is 7.88. The Morgan fingerprint density at radius 3 is 2.21 bits per heavy atom. The molecule has 2 aliphatic rings. The van der Waals surface area contributed by atoms with Crippen LogP contribution in [0.1, 0.15) is 17.5 Å². The first-order chi connectivity index (χ1) is 18.0. The molecule has 2 aromatic carbocycles. The van der Waals surface area contributed by atoms with Gasteiger partial charge in [-0.3, -0.25) is 4.79 Å². The molecule has 0 saturated carbocycles. The predicted octanol–water partition coefficient (Wildman–Crippen LogP) is 2.81. The van der Waals surface area contributed by atoms with Crippen molar-refractivity contribution in [1.82, 2.24) is 14.1 Å². The normalized spacial score (nSPS) is 18.3. The molecule has 3 aromatic rings. The fourth-order valence-electron chi connectivity index (χ4n) is 4.90. The molecule has 202 valence electrons. The Morgan fingerprint density at radius 2 is 1.58 bits per heavy atom. The zero-order valence-electron chi connectivity index (χ0n) is 20.3. The molecule has 0 N–H and O–H groups in total. The molecule has 13 heteroatoms. The zero-order chi connectivity index (χ0) is 27.2. The van der Waals surface area contributed by atoms with Gasteiger partial charge in [-0.1, -0.05) is 0 Å². The van der Waals surface area contributed by atoms with Crippen LogP contribution in [-0.4, -0.2) is 61.0 Å². The van der Waals surface area contributed by atoms with Crippen molar-refractivity contribution in [3.05, 3.63) is 81.3 Å².